The Balaban J connectivity index is 2.38. The zero-order chi connectivity index (χ0) is 4.95. The summed E-state index contributed by atoms with van der Waals surface area (Å²) in [5, 5.41) is 0. The second-order valence-electron chi connectivity index (χ2n) is 1.19. The molecule has 1 rings (SSSR count). The lowest BCUT2D eigenvalue weighted by Gasteiger charge is -1.86. The monoisotopic (exact) mass is 96.0 g/mol. The van der Waals surface area contributed by atoms with Gasteiger partial charge in [-0.05, 0) is 6.08 Å². The van der Waals surface area contributed by atoms with Gasteiger partial charge in [-0.25, -0.2) is 0 Å². The van der Waals surface area contributed by atoms with Gasteiger partial charge in [0.2, 0.25) is 0 Å². The number of hydrogen-bond donors (Lipinski definition) is 0. The second kappa shape index (κ2) is 2.39. The molecule has 0 saturated heterocycles. The molecule has 1 heterocycles. The van der Waals surface area contributed by atoms with Crippen molar-refractivity contribution in [2.75, 3.05) is 6.73 Å². The predicted molar refractivity (Wildman–Crippen MR) is 26.9 cm³/mol. The third-order valence-corrected chi connectivity index (χ3v) is 0.654. The quantitative estimate of drug-likeness (QED) is 0.436. The van der Waals surface area contributed by atoms with Crippen LogP contribution in [0.15, 0.2) is 11.3 Å². The van der Waals surface area contributed by atoms with Crippen molar-refractivity contribution in [3.8, 4) is 0 Å². The average molecular weight is 96.1 g/mol. The number of ether oxygens (including phenoxy) is 1. The van der Waals surface area contributed by atoms with E-state index in [1.807, 2.05) is 0 Å². The molecule has 2 heteroatoms. The van der Waals surface area contributed by atoms with E-state index in [2.05, 4.69) is 11.1 Å². The van der Waals surface area contributed by atoms with Gasteiger partial charge in [0, 0.05) is 12.6 Å². The number of aliphatic imine (C=N–C) groups is 1. The molecular formula is C5H6NO. The largest absolute Gasteiger partial charge is 0.479 e. The maximum atomic E-state index is 4.76. The Hall–Kier alpha value is -0.790. The van der Waals surface area contributed by atoms with Gasteiger partial charge in [0.25, 0.3) is 0 Å². The first-order valence-electron chi connectivity index (χ1n) is 2.15. The molecule has 0 N–H and O–H groups in total. The van der Waals surface area contributed by atoms with Crippen molar-refractivity contribution in [3.63, 3.8) is 0 Å². The third kappa shape index (κ3) is 1.39. The summed E-state index contributed by atoms with van der Waals surface area (Å²) in [5.41, 5.74) is 0. The first-order chi connectivity index (χ1) is 3.50. The minimum Gasteiger partial charge on any atom is -0.479 e. The van der Waals surface area contributed by atoms with Gasteiger partial charge in [0.05, 0.1) is 6.26 Å². The molecule has 7 heavy (non-hydrogen) atoms. The normalized spacial score (nSPS) is 18.3. The van der Waals surface area contributed by atoms with Gasteiger partial charge in [0.15, 0.2) is 6.73 Å². The van der Waals surface area contributed by atoms with E-state index < -0.39 is 0 Å². The lowest BCUT2D eigenvalue weighted by Crippen LogP contribution is -1.76. The van der Waals surface area contributed by atoms with Crippen molar-refractivity contribution in [1.82, 2.24) is 0 Å². The SMILES string of the molecule is [C]1=COCN=CC1. The standard InChI is InChI=1S/C5H6NO/c1-2-4-7-5-6-3-1/h3-4H,1,5H2. The van der Waals surface area contributed by atoms with E-state index in [-0.39, 0.29) is 0 Å². The maximum absolute atomic E-state index is 4.76. The van der Waals surface area contributed by atoms with Crippen LogP contribution in [0.4, 0.5) is 0 Å². The van der Waals surface area contributed by atoms with Gasteiger partial charge < -0.3 is 4.74 Å². The van der Waals surface area contributed by atoms with E-state index in [0.717, 1.165) is 6.42 Å². The maximum Gasteiger partial charge on any atom is 0.177 e. The van der Waals surface area contributed by atoms with Crippen LogP contribution in [0.1, 0.15) is 6.42 Å². The molecule has 1 radical (unpaired) electrons. The molecule has 2 nitrogen and oxygen atoms in total. The lowest BCUT2D eigenvalue weighted by atomic mass is 10.5. The van der Waals surface area contributed by atoms with Crippen molar-refractivity contribution >= 4 is 6.21 Å². The van der Waals surface area contributed by atoms with Gasteiger partial charge in [-0.15, -0.1) is 0 Å². The van der Waals surface area contributed by atoms with Crippen LogP contribution in [0.25, 0.3) is 0 Å². The Bertz CT molecular complexity index is 84.3. The first kappa shape index (κ1) is 4.37. The molecule has 1 aliphatic rings. The van der Waals surface area contributed by atoms with Crippen molar-refractivity contribution in [3.05, 3.63) is 12.3 Å². The second-order valence-corrected chi connectivity index (χ2v) is 1.19. The fourth-order valence-electron chi connectivity index (χ4n) is 0.357. The summed E-state index contributed by atoms with van der Waals surface area (Å²) in [4.78, 5) is 3.83. The smallest absolute Gasteiger partial charge is 0.177 e. The van der Waals surface area contributed by atoms with Crippen LogP contribution in [0, 0.1) is 6.08 Å². The number of allylic oxidation sites excluding steroid dienone is 1. The topological polar surface area (TPSA) is 21.6 Å². The highest BCUT2D eigenvalue weighted by Crippen LogP contribution is 1.85. The summed E-state index contributed by atoms with van der Waals surface area (Å²) in [5.74, 6) is 0. The van der Waals surface area contributed by atoms with E-state index in [4.69, 9.17) is 4.74 Å². The molecular weight excluding hydrogens is 90.1 g/mol. The zero-order valence-electron chi connectivity index (χ0n) is 3.92. The van der Waals surface area contributed by atoms with Crippen molar-refractivity contribution < 1.29 is 4.74 Å². The molecule has 37 valence electrons. The highest BCUT2D eigenvalue weighted by Gasteiger charge is 1.79. The van der Waals surface area contributed by atoms with Crippen LogP contribution >= 0.6 is 0 Å². The van der Waals surface area contributed by atoms with Crippen LogP contribution < -0.4 is 0 Å². The molecule has 0 aromatic carbocycles. The van der Waals surface area contributed by atoms with E-state index in [0.29, 0.717) is 6.73 Å². The number of hydrogen-bond acceptors (Lipinski definition) is 2. The Labute approximate surface area is 42.5 Å². The summed E-state index contributed by atoms with van der Waals surface area (Å²) in [6.07, 6.45) is 6.96. The van der Waals surface area contributed by atoms with Gasteiger partial charge in [-0.2, -0.15) is 0 Å². The summed E-state index contributed by atoms with van der Waals surface area (Å²) in [7, 11) is 0. The van der Waals surface area contributed by atoms with Crippen molar-refractivity contribution in [1.29, 1.82) is 0 Å². The van der Waals surface area contributed by atoms with Crippen LogP contribution in [0.5, 0.6) is 0 Å². The van der Waals surface area contributed by atoms with Crippen LogP contribution in [0.3, 0.4) is 0 Å². The summed E-state index contributed by atoms with van der Waals surface area (Å²) in [6.45, 7) is 0.451. The van der Waals surface area contributed by atoms with E-state index in [9.17, 15) is 0 Å². The number of nitrogens with zero attached hydrogens (tertiary/aromatic N) is 1. The summed E-state index contributed by atoms with van der Waals surface area (Å²) >= 11 is 0. The van der Waals surface area contributed by atoms with Gasteiger partial charge in [-0.3, -0.25) is 4.99 Å². The molecule has 0 aromatic heterocycles. The van der Waals surface area contributed by atoms with Crippen LogP contribution in [-0.4, -0.2) is 12.9 Å². The fraction of sp³-hybridized carbons (Fsp3) is 0.400. The molecule has 0 aliphatic carbocycles. The average Bonchev–Trinajstić information content (AvgIpc) is 1.90. The molecule has 0 saturated carbocycles. The van der Waals surface area contributed by atoms with Gasteiger partial charge in [-0.1, -0.05) is 0 Å². The van der Waals surface area contributed by atoms with Gasteiger partial charge in [0.1, 0.15) is 0 Å². The fourth-order valence-corrected chi connectivity index (χ4v) is 0.357. The highest BCUT2D eigenvalue weighted by atomic mass is 16.5. The van der Waals surface area contributed by atoms with Gasteiger partial charge >= 0.3 is 0 Å². The Morgan fingerprint density at radius 2 is 2.71 bits per heavy atom. The Morgan fingerprint density at radius 1 is 1.71 bits per heavy atom. The zero-order valence-corrected chi connectivity index (χ0v) is 3.92. The minimum atomic E-state index is 0.451. The van der Waals surface area contributed by atoms with Crippen molar-refractivity contribution in [2.24, 2.45) is 4.99 Å². The Kier molecular flexibility index (Phi) is 1.50. The highest BCUT2D eigenvalue weighted by molar-refractivity contribution is 5.58. The third-order valence-electron chi connectivity index (χ3n) is 0.654. The van der Waals surface area contributed by atoms with Crippen LogP contribution in [-0.2, 0) is 4.74 Å². The predicted octanol–water partition coefficient (Wildman–Crippen LogP) is 0.752. The summed E-state index contributed by atoms with van der Waals surface area (Å²) in [6, 6.07) is 0. The molecule has 1 aliphatic heterocycles. The van der Waals surface area contributed by atoms with E-state index in [1.54, 1.807) is 12.5 Å². The lowest BCUT2D eigenvalue weighted by molar-refractivity contribution is 0.262. The van der Waals surface area contributed by atoms with E-state index in [1.165, 1.54) is 0 Å². The van der Waals surface area contributed by atoms with Crippen molar-refractivity contribution in [2.45, 2.75) is 6.42 Å². The molecule has 0 amide bonds. The number of rotatable bonds is 0. The molecule has 0 spiro atoms. The van der Waals surface area contributed by atoms with E-state index >= 15 is 0 Å². The molecule has 0 atom stereocenters. The minimum absolute atomic E-state index is 0.451. The molecule has 0 bridgehead atoms. The summed E-state index contributed by atoms with van der Waals surface area (Å²) < 4.78 is 4.76. The Morgan fingerprint density at radius 3 is 3.71 bits per heavy atom. The first-order valence-corrected chi connectivity index (χ1v) is 2.15. The molecule has 0 aromatic rings. The van der Waals surface area contributed by atoms with Crippen LogP contribution in [0.2, 0.25) is 0 Å². The molecule has 0 fully saturated rings. The molecule has 0 unspecified atom stereocenters.